The fourth-order valence-electron chi connectivity index (χ4n) is 2.36. The van der Waals surface area contributed by atoms with Gasteiger partial charge < -0.3 is 10.6 Å². The smallest absolute Gasteiger partial charge is 0.230 e. The van der Waals surface area contributed by atoms with Crippen LogP contribution in [-0.4, -0.2) is 25.6 Å². The molecule has 1 aromatic heterocycles. The van der Waals surface area contributed by atoms with E-state index < -0.39 is 9.84 Å². The molecule has 0 spiro atoms. The Morgan fingerprint density at radius 2 is 1.67 bits per heavy atom. The summed E-state index contributed by atoms with van der Waals surface area (Å²) in [6.45, 7) is 1.99. The molecule has 0 saturated heterocycles. The number of aryl methyl sites for hydroxylation is 1. The van der Waals surface area contributed by atoms with Gasteiger partial charge in [-0.05, 0) is 43.3 Å². The van der Waals surface area contributed by atoms with Crippen molar-refractivity contribution >= 4 is 43.6 Å². The zero-order chi connectivity index (χ0) is 19.4. The topological polar surface area (TPSA) is 88.2 Å². The first-order chi connectivity index (χ1) is 12.8. The third kappa shape index (κ3) is 5.38. The molecule has 0 atom stereocenters. The van der Waals surface area contributed by atoms with Crippen molar-refractivity contribution in [3.05, 3.63) is 65.2 Å². The molecule has 0 bridgehead atoms. The maximum Gasteiger partial charge on any atom is 0.230 e. The van der Waals surface area contributed by atoms with Crippen LogP contribution in [0.3, 0.4) is 0 Å². The Morgan fingerprint density at radius 1 is 1.04 bits per heavy atom. The fraction of sp³-hybridized carbons (Fsp3) is 0.158. The van der Waals surface area contributed by atoms with Gasteiger partial charge >= 0.3 is 0 Å². The van der Waals surface area contributed by atoms with Crippen LogP contribution in [-0.2, 0) is 21.1 Å². The van der Waals surface area contributed by atoms with Crippen LogP contribution in [0.5, 0.6) is 0 Å². The summed E-state index contributed by atoms with van der Waals surface area (Å²) in [7, 11) is -3.22. The van der Waals surface area contributed by atoms with E-state index in [4.69, 9.17) is 0 Å². The van der Waals surface area contributed by atoms with E-state index in [1.165, 1.54) is 17.6 Å². The Balaban J connectivity index is 1.59. The van der Waals surface area contributed by atoms with Crippen LogP contribution >= 0.6 is 11.3 Å². The highest BCUT2D eigenvalue weighted by atomic mass is 32.2. The lowest BCUT2D eigenvalue weighted by molar-refractivity contribution is -0.115. The molecule has 0 fully saturated rings. The third-order valence-electron chi connectivity index (χ3n) is 3.76. The molecule has 2 aromatic carbocycles. The van der Waals surface area contributed by atoms with Gasteiger partial charge in [0, 0.05) is 23.0 Å². The highest BCUT2D eigenvalue weighted by Crippen LogP contribution is 2.22. The number of rotatable bonds is 6. The van der Waals surface area contributed by atoms with Crippen molar-refractivity contribution in [3.63, 3.8) is 0 Å². The number of hydrogen-bond donors (Lipinski definition) is 2. The van der Waals surface area contributed by atoms with Crippen LogP contribution in [0.4, 0.5) is 16.5 Å². The Hall–Kier alpha value is -2.71. The molecule has 3 rings (SSSR count). The van der Waals surface area contributed by atoms with Crippen LogP contribution in [0.15, 0.2) is 58.8 Å². The molecule has 8 heteroatoms. The summed E-state index contributed by atoms with van der Waals surface area (Å²) >= 11 is 1.38. The predicted molar refractivity (Wildman–Crippen MR) is 108 cm³/mol. The second-order valence-corrected chi connectivity index (χ2v) is 9.03. The van der Waals surface area contributed by atoms with Crippen molar-refractivity contribution in [3.8, 4) is 0 Å². The lowest BCUT2D eigenvalue weighted by atomic mass is 10.2. The normalized spacial score (nSPS) is 11.2. The summed E-state index contributed by atoms with van der Waals surface area (Å²) in [5.41, 5.74) is 3.28. The Labute approximate surface area is 162 Å². The maximum atomic E-state index is 12.1. The van der Waals surface area contributed by atoms with E-state index in [1.807, 2.05) is 36.6 Å². The second-order valence-electron chi connectivity index (χ2n) is 6.16. The molecule has 140 valence electrons. The minimum atomic E-state index is -3.22. The number of hydrogen-bond acceptors (Lipinski definition) is 6. The lowest BCUT2D eigenvalue weighted by Gasteiger charge is -2.05. The summed E-state index contributed by atoms with van der Waals surface area (Å²) in [4.78, 5) is 16.8. The van der Waals surface area contributed by atoms with Crippen LogP contribution in [0.1, 0.15) is 11.3 Å². The largest absolute Gasteiger partial charge is 0.332 e. The average Bonchev–Trinajstić information content (AvgIpc) is 3.03. The first-order valence-electron chi connectivity index (χ1n) is 8.18. The van der Waals surface area contributed by atoms with Crippen molar-refractivity contribution < 1.29 is 13.2 Å². The van der Waals surface area contributed by atoms with Gasteiger partial charge in [-0.2, -0.15) is 0 Å². The van der Waals surface area contributed by atoms with E-state index in [0.29, 0.717) is 10.8 Å². The highest BCUT2D eigenvalue weighted by Gasteiger charge is 2.10. The summed E-state index contributed by atoms with van der Waals surface area (Å²) in [5.74, 6) is -0.131. The van der Waals surface area contributed by atoms with Gasteiger partial charge in [-0.1, -0.05) is 17.7 Å². The number of aromatic nitrogens is 1. The van der Waals surface area contributed by atoms with Gasteiger partial charge in [0.15, 0.2) is 15.0 Å². The number of anilines is 3. The van der Waals surface area contributed by atoms with Gasteiger partial charge in [0.1, 0.15) is 0 Å². The van der Waals surface area contributed by atoms with Crippen molar-refractivity contribution in [2.24, 2.45) is 0 Å². The molecule has 0 unspecified atom stereocenters. The first kappa shape index (κ1) is 19.1. The van der Waals surface area contributed by atoms with Crippen LogP contribution in [0.25, 0.3) is 0 Å². The Kier molecular flexibility index (Phi) is 5.57. The van der Waals surface area contributed by atoms with Crippen molar-refractivity contribution in [1.29, 1.82) is 0 Å². The van der Waals surface area contributed by atoms with E-state index in [1.54, 1.807) is 24.3 Å². The maximum absolute atomic E-state index is 12.1. The highest BCUT2D eigenvalue weighted by molar-refractivity contribution is 7.90. The molecule has 0 aliphatic carbocycles. The molecule has 6 nitrogen and oxygen atoms in total. The van der Waals surface area contributed by atoms with Gasteiger partial charge in [-0.15, -0.1) is 11.3 Å². The van der Waals surface area contributed by atoms with E-state index >= 15 is 0 Å². The van der Waals surface area contributed by atoms with Crippen molar-refractivity contribution in [2.45, 2.75) is 18.2 Å². The molecule has 1 heterocycles. The minimum absolute atomic E-state index is 0.131. The van der Waals surface area contributed by atoms with Crippen LogP contribution in [0.2, 0.25) is 0 Å². The van der Waals surface area contributed by atoms with Crippen LogP contribution < -0.4 is 10.6 Å². The van der Waals surface area contributed by atoms with E-state index in [0.717, 1.165) is 16.9 Å². The SMILES string of the molecule is Cc1ccc(NC(=O)Cc2csc(Nc3ccc(S(C)(=O)=O)cc3)n2)cc1. The van der Waals surface area contributed by atoms with E-state index in [2.05, 4.69) is 15.6 Å². The average molecular weight is 402 g/mol. The number of carbonyl (C=O) groups excluding carboxylic acids is 1. The predicted octanol–water partition coefficient (Wildman–Crippen LogP) is 3.78. The van der Waals surface area contributed by atoms with Crippen molar-refractivity contribution in [2.75, 3.05) is 16.9 Å². The molecule has 3 aromatic rings. The Bertz CT molecular complexity index is 1040. The summed E-state index contributed by atoms with van der Waals surface area (Å²) < 4.78 is 23.0. The first-order valence-corrected chi connectivity index (χ1v) is 10.9. The molecular formula is C19H19N3O3S2. The van der Waals surface area contributed by atoms with E-state index in [9.17, 15) is 13.2 Å². The molecule has 1 amide bonds. The minimum Gasteiger partial charge on any atom is -0.332 e. The lowest BCUT2D eigenvalue weighted by Crippen LogP contribution is -2.14. The van der Waals surface area contributed by atoms with Gasteiger partial charge in [-0.3, -0.25) is 4.79 Å². The number of carbonyl (C=O) groups is 1. The van der Waals surface area contributed by atoms with Gasteiger partial charge in [0.25, 0.3) is 0 Å². The second kappa shape index (κ2) is 7.89. The number of benzene rings is 2. The molecule has 2 N–H and O–H groups in total. The van der Waals surface area contributed by atoms with Crippen LogP contribution in [0, 0.1) is 6.92 Å². The number of thiazole rings is 1. The third-order valence-corrected chi connectivity index (χ3v) is 5.70. The molecule has 0 aliphatic rings. The summed E-state index contributed by atoms with van der Waals surface area (Å²) in [6.07, 6.45) is 1.35. The summed E-state index contributed by atoms with van der Waals surface area (Å²) in [5, 5.41) is 8.42. The Morgan fingerprint density at radius 3 is 2.30 bits per heavy atom. The fourth-order valence-corrected chi connectivity index (χ4v) is 3.72. The zero-order valence-electron chi connectivity index (χ0n) is 14.9. The zero-order valence-corrected chi connectivity index (χ0v) is 16.5. The molecule has 0 aliphatic heterocycles. The number of nitrogens with one attached hydrogen (secondary N) is 2. The standard InChI is InChI=1S/C19H19N3O3S2/c1-13-3-5-14(6-4-13)20-18(23)11-16-12-26-19(22-16)21-15-7-9-17(10-8-15)27(2,24)25/h3-10,12H,11H2,1-2H3,(H,20,23)(H,21,22). The molecular weight excluding hydrogens is 382 g/mol. The molecule has 27 heavy (non-hydrogen) atoms. The number of sulfone groups is 1. The molecule has 0 radical (unpaired) electrons. The van der Waals surface area contributed by atoms with Gasteiger partial charge in [-0.25, -0.2) is 13.4 Å². The number of nitrogens with zero attached hydrogens (tertiary/aromatic N) is 1. The van der Waals surface area contributed by atoms with Crippen molar-refractivity contribution in [1.82, 2.24) is 4.98 Å². The monoisotopic (exact) mass is 401 g/mol. The van der Waals surface area contributed by atoms with E-state index in [-0.39, 0.29) is 17.2 Å². The quantitative estimate of drug-likeness (QED) is 0.656. The number of amides is 1. The summed E-state index contributed by atoms with van der Waals surface area (Å²) in [6, 6.07) is 14.1. The molecule has 0 saturated carbocycles. The van der Waals surface area contributed by atoms with Gasteiger partial charge in [0.2, 0.25) is 5.91 Å². The van der Waals surface area contributed by atoms with Gasteiger partial charge in [0.05, 0.1) is 17.0 Å².